The molecular weight excluding hydrogens is 164 g/mol. The predicted octanol–water partition coefficient (Wildman–Crippen LogP) is 1.95. The van der Waals surface area contributed by atoms with Crippen LogP contribution in [0.5, 0.6) is 0 Å². The summed E-state index contributed by atoms with van der Waals surface area (Å²) in [6.45, 7) is 6.10. The molecule has 1 rings (SSSR count). The maximum absolute atomic E-state index is 9.95. The summed E-state index contributed by atoms with van der Waals surface area (Å²) in [5.41, 5.74) is 0.505. The van der Waals surface area contributed by atoms with Gasteiger partial charge in [-0.3, -0.25) is 9.97 Å². The zero-order valence-corrected chi connectivity index (χ0v) is 8.36. The minimum absolute atomic E-state index is 0.143. The van der Waals surface area contributed by atoms with Crippen LogP contribution in [0.4, 0.5) is 0 Å². The van der Waals surface area contributed by atoms with Crippen LogP contribution in [0.15, 0.2) is 18.6 Å². The summed E-state index contributed by atoms with van der Waals surface area (Å²) in [7, 11) is 0. The van der Waals surface area contributed by atoms with Crippen molar-refractivity contribution in [2.75, 3.05) is 0 Å². The van der Waals surface area contributed by atoms with Gasteiger partial charge in [0.1, 0.15) is 6.10 Å². The molecule has 0 aliphatic heterocycles. The van der Waals surface area contributed by atoms with E-state index in [2.05, 4.69) is 16.9 Å². The molecule has 0 radical (unpaired) electrons. The molecule has 0 aliphatic carbocycles. The Hall–Kier alpha value is -0.960. The Morgan fingerprint density at radius 1 is 1.46 bits per heavy atom. The van der Waals surface area contributed by atoms with Gasteiger partial charge in [0.05, 0.1) is 11.9 Å². The van der Waals surface area contributed by atoms with Gasteiger partial charge in [0, 0.05) is 12.4 Å². The fraction of sp³-hybridized carbons (Fsp3) is 0.600. The lowest BCUT2D eigenvalue weighted by Crippen LogP contribution is -2.21. The molecule has 0 aromatic carbocycles. The third-order valence-electron chi connectivity index (χ3n) is 2.51. The molecule has 0 amide bonds. The van der Waals surface area contributed by atoms with Gasteiger partial charge in [0.15, 0.2) is 0 Å². The first kappa shape index (κ1) is 10.1. The highest BCUT2D eigenvalue weighted by atomic mass is 16.3. The Labute approximate surface area is 78.9 Å². The average molecular weight is 180 g/mol. The minimum atomic E-state index is -0.536. The molecule has 0 aliphatic rings. The highest BCUT2D eigenvalue weighted by Gasteiger charge is 2.28. The first-order valence-corrected chi connectivity index (χ1v) is 4.52. The molecule has 1 heterocycles. The second-order valence-corrected chi connectivity index (χ2v) is 3.87. The van der Waals surface area contributed by atoms with Crippen LogP contribution in [0.2, 0.25) is 0 Å². The van der Waals surface area contributed by atoms with Crippen molar-refractivity contribution >= 4 is 0 Å². The van der Waals surface area contributed by atoms with Crippen molar-refractivity contribution < 1.29 is 5.11 Å². The molecule has 0 saturated carbocycles. The third kappa shape index (κ3) is 2.25. The standard InChI is InChI=1S/C10H16N2O/c1-4-10(2,3)9(13)8-7-11-5-6-12-8/h5-7,9,13H,4H2,1-3H3. The highest BCUT2D eigenvalue weighted by Crippen LogP contribution is 2.34. The van der Waals surface area contributed by atoms with Crippen LogP contribution < -0.4 is 0 Å². The van der Waals surface area contributed by atoms with Crippen LogP contribution in [-0.2, 0) is 0 Å². The minimum Gasteiger partial charge on any atom is -0.386 e. The van der Waals surface area contributed by atoms with Gasteiger partial charge in [-0.05, 0) is 11.8 Å². The Morgan fingerprint density at radius 3 is 2.62 bits per heavy atom. The van der Waals surface area contributed by atoms with Gasteiger partial charge in [0.2, 0.25) is 0 Å². The van der Waals surface area contributed by atoms with Gasteiger partial charge in [-0.2, -0.15) is 0 Å². The van der Waals surface area contributed by atoms with Crippen molar-refractivity contribution in [1.29, 1.82) is 0 Å². The van der Waals surface area contributed by atoms with Crippen molar-refractivity contribution in [3.63, 3.8) is 0 Å². The summed E-state index contributed by atoms with van der Waals surface area (Å²) < 4.78 is 0. The molecule has 0 saturated heterocycles. The quantitative estimate of drug-likeness (QED) is 0.773. The molecule has 3 nitrogen and oxygen atoms in total. The zero-order chi connectivity index (χ0) is 9.90. The molecule has 1 atom stereocenters. The van der Waals surface area contributed by atoms with Gasteiger partial charge in [0.25, 0.3) is 0 Å². The second-order valence-electron chi connectivity index (χ2n) is 3.87. The smallest absolute Gasteiger partial charge is 0.103 e. The molecule has 13 heavy (non-hydrogen) atoms. The van der Waals surface area contributed by atoms with E-state index in [0.717, 1.165) is 6.42 Å². The molecule has 0 bridgehead atoms. The molecule has 3 heteroatoms. The number of rotatable bonds is 3. The van der Waals surface area contributed by atoms with Crippen molar-refractivity contribution in [1.82, 2.24) is 9.97 Å². The molecule has 0 fully saturated rings. The van der Waals surface area contributed by atoms with Gasteiger partial charge in [-0.15, -0.1) is 0 Å². The topological polar surface area (TPSA) is 46.0 Å². The lowest BCUT2D eigenvalue weighted by atomic mass is 9.82. The van der Waals surface area contributed by atoms with Crippen LogP contribution in [-0.4, -0.2) is 15.1 Å². The number of hydrogen-bond acceptors (Lipinski definition) is 3. The molecule has 1 aromatic heterocycles. The SMILES string of the molecule is CCC(C)(C)C(O)c1cnccn1. The lowest BCUT2D eigenvalue weighted by Gasteiger charge is -2.28. The molecule has 72 valence electrons. The predicted molar refractivity (Wildman–Crippen MR) is 51.1 cm³/mol. The van der Waals surface area contributed by atoms with Gasteiger partial charge in [-0.25, -0.2) is 0 Å². The van der Waals surface area contributed by atoms with E-state index in [9.17, 15) is 5.11 Å². The van der Waals surface area contributed by atoms with E-state index >= 15 is 0 Å². The Bertz CT molecular complexity index is 259. The molecule has 1 N–H and O–H groups in total. The normalized spacial score (nSPS) is 14.2. The fourth-order valence-electron chi connectivity index (χ4n) is 1.05. The number of aliphatic hydroxyl groups excluding tert-OH is 1. The third-order valence-corrected chi connectivity index (χ3v) is 2.51. The van der Waals surface area contributed by atoms with E-state index in [4.69, 9.17) is 0 Å². The molecular formula is C10H16N2O. The monoisotopic (exact) mass is 180 g/mol. The zero-order valence-electron chi connectivity index (χ0n) is 8.36. The van der Waals surface area contributed by atoms with Gasteiger partial charge in [-0.1, -0.05) is 20.8 Å². The van der Waals surface area contributed by atoms with E-state index in [1.54, 1.807) is 18.6 Å². The second kappa shape index (κ2) is 3.83. The summed E-state index contributed by atoms with van der Waals surface area (Å²) in [5.74, 6) is 0. The molecule has 1 aromatic rings. The average Bonchev–Trinajstić information content (AvgIpc) is 2.18. The summed E-state index contributed by atoms with van der Waals surface area (Å²) >= 11 is 0. The van der Waals surface area contributed by atoms with Gasteiger partial charge < -0.3 is 5.11 Å². The number of aliphatic hydroxyl groups is 1. The van der Waals surface area contributed by atoms with Crippen LogP contribution in [0, 0.1) is 5.41 Å². The van der Waals surface area contributed by atoms with E-state index in [0.29, 0.717) is 5.69 Å². The lowest BCUT2D eigenvalue weighted by molar-refractivity contribution is 0.0427. The fourth-order valence-corrected chi connectivity index (χ4v) is 1.05. The van der Waals surface area contributed by atoms with Crippen molar-refractivity contribution in [3.05, 3.63) is 24.3 Å². The highest BCUT2D eigenvalue weighted by molar-refractivity contribution is 5.03. The van der Waals surface area contributed by atoms with E-state index in [1.807, 2.05) is 13.8 Å². The van der Waals surface area contributed by atoms with Crippen molar-refractivity contribution in [2.45, 2.75) is 33.3 Å². The summed E-state index contributed by atoms with van der Waals surface area (Å²) in [5, 5.41) is 9.95. The summed E-state index contributed by atoms with van der Waals surface area (Å²) in [6.07, 6.45) is 5.19. The summed E-state index contributed by atoms with van der Waals surface area (Å²) in [4.78, 5) is 8.01. The number of hydrogen-bond donors (Lipinski definition) is 1. The van der Waals surface area contributed by atoms with Crippen LogP contribution in [0.25, 0.3) is 0 Å². The number of nitrogens with zero attached hydrogens (tertiary/aromatic N) is 2. The van der Waals surface area contributed by atoms with Gasteiger partial charge >= 0.3 is 0 Å². The largest absolute Gasteiger partial charge is 0.386 e. The number of aromatic nitrogens is 2. The van der Waals surface area contributed by atoms with E-state index in [1.165, 1.54) is 0 Å². The van der Waals surface area contributed by atoms with Crippen LogP contribution in [0.1, 0.15) is 39.0 Å². The summed E-state index contributed by atoms with van der Waals surface area (Å²) in [6, 6.07) is 0. The van der Waals surface area contributed by atoms with Crippen molar-refractivity contribution in [3.8, 4) is 0 Å². The van der Waals surface area contributed by atoms with Crippen LogP contribution >= 0.6 is 0 Å². The van der Waals surface area contributed by atoms with Crippen molar-refractivity contribution in [2.24, 2.45) is 5.41 Å². The Kier molecular flexibility index (Phi) is 2.98. The maximum atomic E-state index is 9.95. The molecule has 0 spiro atoms. The Morgan fingerprint density at radius 2 is 2.15 bits per heavy atom. The van der Waals surface area contributed by atoms with E-state index in [-0.39, 0.29) is 5.41 Å². The first-order chi connectivity index (χ1) is 6.08. The molecule has 1 unspecified atom stereocenters. The maximum Gasteiger partial charge on any atom is 0.103 e. The van der Waals surface area contributed by atoms with Crippen LogP contribution in [0.3, 0.4) is 0 Å². The first-order valence-electron chi connectivity index (χ1n) is 4.52. The Balaban J connectivity index is 2.85. The van der Waals surface area contributed by atoms with E-state index < -0.39 is 6.10 Å².